The Bertz CT molecular complexity index is 687. The molecule has 1 aromatic rings. The molecule has 136 valence electrons. The molecule has 0 saturated heterocycles. The summed E-state index contributed by atoms with van der Waals surface area (Å²) in [7, 11) is 3.11. The van der Waals surface area contributed by atoms with Crippen LogP contribution in [0.15, 0.2) is 24.3 Å². The van der Waals surface area contributed by atoms with Crippen LogP contribution in [0.5, 0.6) is 11.5 Å². The van der Waals surface area contributed by atoms with E-state index in [0.717, 1.165) is 11.3 Å². The fraction of sp³-hybridized carbons (Fsp3) is 0.333. The quantitative estimate of drug-likeness (QED) is 0.178. The molecule has 0 atom stereocenters. The van der Waals surface area contributed by atoms with Gasteiger partial charge in [0.05, 0.1) is 13.7 Å². The van der Waals surface area contributed by atoms with Gasteiger partial charge in [-0.1, -0.05) is 27.7 Å². The summed E-state index contributed by atoms with van der Waals surface area (Å²) in [6.07, 6.45) is 4.13. The highest BCUT2D eigenvalue weighted by Gasteiger charge is 2.25. The van der Waals surface area contributed by atoms with Gasteiger partial charge in [0.2, 0.25) is 0 Å². The minimum absolute atomic E-state index is 0.131. The van der Waals surface area contributed by atoms with Crippen LogP contribution in [0, 0.1) is 13.8 Å². The summed E-state index contributed by atoms with van der Waals surface area (Å²) in [5.74, 6) is 0.537. The van der Waals surface area contributed by atoms with Gasteiger partial charge < -0.3 is 14.6 Å². The Kier molecular flexibility index (Phi) is 9.05. The van der Waals surface area contributed by atoms with E-state index in [0.29, 0.717) is 47.5 Å². The summed E-state index contributed by atoms with van der Waals surface area (Å²) in [5, 5.41) is 9.67. The summed E-state index contributed by atoms with van der Waals surface area (Å²) < 4.78 is 11.3. The number of aldehydes is 1. The molecule has 0 heterocycles. The maximum Gasteiger partial charge on any atom is 0.339 e. The third-order valence-corrected chi connectivity index (χ3v) is 5.43. The van der Waals surface area contributed by atoms with Gasteiger partial charge in [0, 0.05) is 16.9 Å². The standard InChI is InChI=1S/C18H21IO5S/c1-5-13(10-20)6-7-14-16(23-4)12(3)11(2)15(18(21)22)17(14)24-8-9-25-19/h5-6,10H,1,7-9H2,2-4H3,(H,21,22)/b13-6+. The number of methoxy groups -OCH3 is 1. The zero-order valence-electron chi connectivity index (χ0n) is 14.4. The fourth-order valence-corrected chi connectivity index (χ4v) is 3.15. The minimum Gasteiger partial charge on any atom is -0.496 e. The van der Waals surface area contributed by atoms with Crippen LogP contribution < -0.4 is 9.47 Å². The van der Waals surface area contributed by atoms with Gasteiger partial charge in [0.15, 0.2) is 0 Å². The van der Waals surface area contributed by atoms with Crippen molar-refractivity contribution in [2.45, 2.75) is 20.3 Å². The molecule has 0 spiro atoms. The van der Waals surface area contributed by atoms with Crippen LogP contribution in [0.1, 0.15) is 27.0 Å². The predicted molar refractivity (Wildman–Crippen MR) is 109 cm³/mol. The maximum atomic E-state index is 11.8. The lowest BCUT2D eigenvalue weighted by Crippen LogP contribution is -2.13. The number of hydrogen-bond acceptors (Lipinski definition) is 5. The number of carboxylic acid groups (broad SMARTS) is 1. The van der Waals surface area contributed by atoms with Gasteiger partial charge in [-0.15, -0.1) is 0 Å². The number of carboxylic acids is 1. The van der Waals surface area contributed by atoms with E-state index in [1.165, 1.54) is 13.2 Å². The first kappa shape index (κ1) is 21.6. The van der Waals surface area contributed by atoms with E-state index in [1.54, 1.807) is 21.9 Å². The first-order chi connectivity index (χ1) is 11.9. The molecule has 0 aromatic heterocycles. The Morgan fingerprint density at radius 2 is 2.00 bits per heavy atom. The lowest BCUT2D eigenvalue weighted by molar-refractivity contribution is -0.104. The van der Waals surface area contributed by atoms with Gasteiger partial charge in [-0.25, -0.2) is 4.79 Å². The Hall–Kier alpha value is -1.48. The van der Waals surface area contributed by atoms with Crippen LogP contribution >= 0.6 is 30.1 Å². The van der Waals surface area contributed by atoms with Gasteiger partial charge >= 0.3 is 5.97 Å². The third-order valence-electron chi connectivity index (χ3n) is 3.79. The highest BCUT2D eigenvalue weighted by molar-refractivity contribution is 14.2. The second kappa shape index (κ2) is 10.5. The minimum atomic E-state index is -1.05. The molecule has 0 amide bonds. The van der Waals surface area contributed by atoms with Gasteiger partial charge in [-0.2, -0.15) is 0 Å². The summed E-state index contributed by atoms with van der Waals surface area (Å²) in [5.41, 5.74) is 2.51. The predicted octanol–water partition coefficient (Wildman–Crippen LogP) is 4.33. The van der Waals surface area contributed by atoms with Crippen molar-refractivity contribution in [2.24, 2.45) is 0 Å². The maximum absolute atomic E-state index is 11.8. The van der Waals surface area contributed by atoms with Crippen LogP contribution in [0.25, 0.3) is 0 Å². The number of benzene rings is 1. The highest BCUT2D eigenvalue weighted by atomic mass is 127. The van der Waals surface area contributed by atoms with Crippen molar-refractivity contribution in [2.75, 3.05) is 19.5 Å². The number of aromatic carboxylic acids is 1. The van der Waals surface area contributed by atoms with Crippen molar-refractivity contribution in [3.63, 3.8) is 0 Å². The van der Waals surface area contributed by atoms with E-state index in [2.05, 4.69) is 27.8 Å². The van der Waals surface area contributed by atoms with Crippen LogP contribution in [-0.4, -0.2) is 36.8 Å². The van der Waals surface area contributed by atoms with Crippen molar-refractivity contribution < 1.29 is 24.2 Å². The molecule has 0 aliphatic carbocycles. The Morgan fingerprint density at radius 3 is 2.48 bits per heavy atom. The van der Waals surface area contributed by atoms with Crippen molar-refractivity contribution in [1.29, 1.82) is 0 Å². The highest BCUT2D eigenvalue weighted by Crippen LogP contribution is 2.39. The average molecular weight is 476 g/mol. The summed E-state index contributed by atoms with van der Waals surface area (Å²) in [6.45, 7) is 7.51. The van der Waals surface area contributed by atoms with Crippen LogP contribution in [0.2, 0.25) is 0 Å². The molecule has 1 rings (SSSR count). The summed E-state index contributed by atoms with van der Waals surface area (Å²) in [6, 6.07) is 0. The first-order valence-corrected chi connectivity index (χ1v) is 11.0. The summed E-state index contributed by atoms with van der Waals surface area (Å²) in [4.78, 5) is 22.8. The molecule has 5 nitrogen and oxygen atoms in total. The Labute approximate surface area is 164 Å². The van der Waals surface area contributed by atoms with E-state index in [4.69, 9.17) is 9.47 Å². The molecule has 1 N–H and O–H groups in total. The number of carbonyl (C=O) groups is 2. The number of allylic oxidation sites excluding steroid dienone is 3. The molecule has 0 saturated carbocycles. The number of hydrogen-bond donors (Lipinski definition) is 1. The van der Waals surface area contributed by atoms with Crippen LogP contribution in [0.4, 0.5) is 0 Å². The molecule has 0 radical (unpaired) electrons. The molecule has 0 aliphatic rings. The molecule has 0 bridgehead atoms. The van der Waals surface area contributed by atoms with E-state index in [9.17, 15) is 14.7 Å². The molecular weight excluding hydrogens is 455 g/mol. The smallest absolute Gasteiger partial charge is 0.339 e. The van der Waals surface area contributed by atoms with Crippen molar-refractivity contribution >= 4 is 42.4 Å². The lowest BCUT2D eigenvalue weighted by Gasteiger charge is -2.21. The monoisotopic (exact) mass is 476 g/mol. The van der Waals surface area contributed by atoms with Crippen molar-refractivity contribution in [3.05, 3.63) is 46.6 Å². The zero-order valence-corrected chi connectivity index (χ0v) is 17.4. The molecule has 0 fully saturated rings. The molecular formula is C18H21IO5S. The number of halogens is 1. The van der Waals surface area contributed by atoms with E-state index in [1.807, 2.05) is 6.92 Å². The topological polar surface area (TPSA) is 72.8 Å². The Balaban J connectivity index is 3.61. The van der Waals surface area contributed by atoms with Gasteiger partial charge in [0.1, 0.15) is 23.3 Å². The number of carbonyl (C=O) groups excluding carboxylic acids is 1. The lowest BCUT2D eigenvalue weighted by atomic mass is 9.94. The fourth-order valence-electron chi connectivity index (χ4n) is 2.46. The normalized spacial score (nSPS) is 11.1. The first-order valence-electron chi connectivity index (χ1n) is 7.50. The molecule has 7 heteroatoms. The molecule has 0 aliphatic heterocycles. The van der Waals surface area contributed by atoms with Crippen molar-refractivity contribution in [3.8, 4) is 11.5 Å². The second-order valence-corrected chi connectivity index (χ2v) is 7.66. The van der Waals surface area contributed by atoms with Crippen LogP contribution in [-0.2, 0) is 11.2 Å². The number of rotatable bonds is 10. The number of ether oxygens (including phenoxy) is 2. The van der Waals surface area contributed by atoms with Gasteiger partial charge in [-0.3, -0.25) is 4.79 Å². The van der Waals surface area contributed by atoms with E-state index < -0.39 is 5.97 Å². The second-order valence-electron chi connectivity index (χ2n) is 5.16. The summed E-state index contributed by atoms with van der Waals surface area (Å²) >= 11 is 2.16. The largest absolute Gasteiger partial charge is 0.496 e. The molecule has 0 unspecified atom stereocenters. The molecule has 1 aromatic carbocycles. The third kappa shape index (κ3) is 5.24. The SMILES string of the molecule is C=C/C(C=O)=C\Cc1c(OC)c(C)c(C)c(C(=O)O)c1OCCSI. The van der Waals surface area contributed by atoms with Crippen LogP contribution in [0.3, 0.4) is 0 Å². The zero-order chi connectivity index (χ0) is 19.0. The average Bonchev–Trinajstić information content (AvgIpc) is 2.59. The van der Waals surface area contributed by atoms with Gasteiger partial charge in [-0.05, 0) is 52.6 Å². The Morgan fingerprint density at radius 1 is 1.32 bits per heavy atom. The van der Waals surface area contributed by atoms with E-state index >= 15 is 0 Å². The van der Waals surface area contributed by atoms with E-state index in [-0.39, 0.29) is 5.56 Å². The van der Waals surface area contributed by atoms with Gasteiger partial charge in [0.25, 0.3) is 0 Å². The molecule has 25 heavy (non-hydrogen) atoms. The van der Waals surface area contributed by atoms with Crippen molar-refractivity contribution in [1.82, 2.24) is 0 Å².